The van der Waals surface area contributed by atoms with Gasteiger partial charge in [-0.3, -0.25) is 0 Å². The smallest absolute Gasteiger partial charge is 0.161 e. The molecule has 0 fully saturated rings. The summed E-state index contributed by atoms with van der Waals surface area (Å²) in [5, 5.41) is 22.2. The van der Waals surface area contributed by atoms with Crippen molar-refractivity contribution in [2.45, 2.75) is 32.4 Å². The Hall–Kier alpha value is -1.56. The molecule has 0 heterocycles. The highest BCUT2D eigenvalue weighted by Crippen LogP contribution is 2.28. The number of benzene rings is 1. The molecule has 1 aromatic rings. The van der Waals surface area contributed by atoms with Crippen molar-refractivity contribution in [3.8, 4) is 11.5 Å². The van der Waals surface area contributed by atoms with Crippen molar-refractivity contribution in [1.29, 1.82) is 0 Å². The van der Waals surface area contributed by atoms with E-state index < -0.39 is 11.6 Å². The Bertz CT molecular complexity index is 486. The fourth-order valence-electron chi connectivity index (χ4n) is 1.79. The Morgan fingerprint density at radius 3 is 2.64 bits per heavy atom. The summed E-state index contributed by atoms with van der Waals surface area (Å²) in [6, 6.07) is 5.64. The summed E-state index contributed by atoms with van der Waals surface area (Å²) in [5.41, 5.74) is 0.603. The molecule has 0 aliphatic heterocycles. The van der Waals surface area contributed by atoms with E-state index in [1.807, 2.05) is 51.1 Å². The summed E-state index contributed by atoms with van der Waals surface area (Å²) in [4.78, 5) is 0. The zero-order valence-corrected chi connectivity index (χ0v) is 13.8. The van der Waals surface area contributed by atoms with E-state index in [0.717, 1.165) is 5.56 Å². The minimum Gasteiger partial charge on any atom is -0.493 e. The van der Waals surface area contributed by atoms with E-state index in [4.69, 9.17) is 14.6 Å². The Labute approximate surface area is 132 Å². The molecular weight excluding hydrogens is 282 g/mol. The first kappa shape index (κ1) is 18.5. The lowest BCUT2D eigenvalue weighted by molar-refractivity contribution is 0.0894. The van der Waals surface area contributed by atoms with Gasteiger partial charge in [-0.2, -0.15) is 0 Å². The first-order valence-corrected chi connectivity index (χ1v) is 7.39. The average Bonchev–Trinajstić information content (AvgIpc) is 2.52. The van der Waals surface area contributed by atoms with Crippen LogP contribution in [0, 0.1) is 0 Å². The van der Waals surface area contributed by atoms with Gasteiger partial charge in [-0.05, 0) is 38.5 Å². The third kappa shape index (κ3) is 6.05. The van der Waals surface area contributed by atoms with E-state index in [2.05, 4.69) is 5.32 Å². The predicted molar refractivity (Wildman–Crippen MR) is 88.4 cm³/mol. The van der Waals surface area contributed by atoms with Crippen LogP contribution < -0.4 is 14.8 Å². The minimum atomic E-state index is -0.675. The second kappa shape index (κ2) is 8.78. The molecule has 0 aromatic heterocycles. The molecule has 0 amide bonds. The molecule has 0 bridgehead atoms. The zero-order chi connectivity index (χ0) is 16.6. The molecule has 124 valence electrons. The molecule has 0 spiro atoms. The molecule has 0 saturated carbocycles. The van der Waals surface area contributed by atoms with Crippen molar-refractivity contribution in [3.63, 3.8) is 0 Å². The number of aliphatic hydroxyl groups excluding tert-OH is 2. The Morgan fingerprint density at radius 2 is 2.05 bits per heavy atom. The van der Waals surface area contributed by atoms with Crippen LogP contribution in [0.25, 0.3) is 6.08 Å². The molecular formula is C17H27NO4. The Kier molecular flexibility index (Phi) is 7.38. The minimum absolute atomic E-state index is 0.000802. The summed E-state index contributed by atoms with van der Waals surface area (Å²) in [6.07, 6.45) is 3.25. The molecule has 22 heavy (non-hydrogen) atoms. The maximum absolute atomic E-state index is 9.95. The summed E-state index contributed by atoms with van der Waals surface area (Å²) in [7, 11) is 1.59. The van der Waals surface area contributed by atoms with Crippen molar-refractivity contribution in [1.82, 2.24) is 5.32 Å². The molecule has 5 heteroatoms. The van der Waals surface area contributed by atoms with Gasteiger partial charge in [-0.1, -0.05) is 18.2 Å². The second-order valence-electron chi connectivity index (χ2n) is 5.80. The van der Waals surface area contributed by atoms with Gasteiger partial charge in [0.15, 0.2) is 11.5 Å². The Morgan fingerprint density at radius 1 is 1.32 bits per heavy atom. The van der Waals surface area contributed by atoms with Gasteiger partial charge >= 0.3 is 0 Å². The lowest BCUT2D eigenvalue weighted by Gasteiger charge is -2.25. The Balaban J connectivity index is 2.56. The van der Waals surface area contributed by atoms with Crippen LogP contribution in [0.5, 0.6) is 11.5 Å². The monoisotopic (exact) mass is 309 g/mol. The summed E-state index contributed by atoms with van der Waals surface area (Å²) >= 11 is 0. The highest BCUT2D eigenvalue weighted by atomic mass is 16.5. The summed E-state index contributed by atoms with van der Waals surface area (Å²) < 4.78 is 10.9. The van der Waals surface area contributed by atoms with Gasteiger partial charge in [-0.15, -0.1) is 0 Å². The molecule has 1 atom stereocenters. The lowest BCUT2D eigenvalue weighted by Crippen LogP contribution is -2.47. The van der Waals surface area contributed by atoms with Crippen molar-refractivity contribution < 1.29 is 19.7 Å². The van der Waals surface area contributed by atoms with Crippen molar-refractivity contribution in [2.24, 2.45) is 0 Å². The quantitative estimate of drug-likeness (QED) is 0.649. The molecule has 0 unspecified atom stereocenters. The molecule has 0 aliphatic carbocycles. The van der Waals surface area contributed by atoms with E-state index in [-0.39, 0.29) is 13.2 Å². The van der Waals surface area contributed by atoms with Crippen LogP contribution >= 0.6 is 0 Å². The number of aliphatic hydroxyl groups is 2. The number of ether oxygens (including phenoxy) is 2. The zero-order valence-electron chi connectivity index (χ0n) is 13.8. The largest absolute Gasteiger partial charge is 0.493 e. The normalized spacial score (nSPS) is 13.4. The molecule has 0 saturated heterocycles. The van der Waals surface area contributed by atoms with E-state index >= 15 is 0 Å². The molecule has 0 aliphatic rings. The number of β-amino-alcohol motifs (C(OH)–C–C–N with tert-alkyl or cyclic N) is 1. The number of allylic oxidation sites excluding steroid dienone is 1. The summed E-state index contributed by atoms with van der Waals surface area (Å²) in [6.45, 7) is 6.17. The number of hydrogen-bond donors (Lipinski definition) is 3. The van der Waals surface area contributed by atoms with Crippen LogP contribution in [0.15, 0.2) is 24.3 Å². The van der Waals surface area contributed by atoms with Crippen molar-refractivity contribution >= 4 is 6.08 Å². The first-order chi connectivity index (χ1) is 10.4. The number of rotatable bonds is 9. The molecule has 0 radical (unpaired) electrons. The van der Waals surface area contributed by atoms with Gasteiger partial charge < -0.3 is 25.0 Å². The van der Waals surface area contributed by atoms with Crippen LogP contribution in [0.3, 0.4) is 0 Å². The van der Waals surface area contributed by atoms with E-state index in [9.17, 15) is 5.11 Å². The first-order valence-electron chi connectivity index (χ1n) is 7.39. The molecule has 1 rings (SSSR count). The molecule has 3 N–H and O–H groups in total. The van der Waals surface area contributed by atoms with Gasteiger partial charge in [0.05, 0.1) is 13.7 Å². The van der Waals surface area contributed by atoms with Crippen LogP contribution in [0.2, 0.25) is 0 Å². The second-order valence-corrected chi connectivity index (χ2v) is 5.80. The van der Waals surface area contributed by atoms with Gasteiger partial charge in [-0.25, -0.2) is 0 Å². The van der Waals surface area contributed by atoms with Crippen LogP contribution in [0.4, 0.5) is 0 Å². The number of nitrogens with one attached hydrogen (secondary N) is 1. The van der Waals surface area contributed by atoms with Crippen LogP contribution in [0.1, 0.15) is 26.3 Å². The molecule has 5 nitrogen and oxygen atoms in total. The third-order valence-corrected chi connectivity index (χ3v) is 3.19. The van der Waals surface area contributed by atoms with Crippen LogP contribution in [-0.2, 0) is 0 Å². The lowest BCUT2D eigenvalue weighted by atomic mass is 10.1. The van der Waals surface area contributed by atoms with E-state index in [1.54, 1.807) is 7.11 Å². The van der Waals surface area contributed by atoms with Crippen molar-refractivity contribution in [2.75, 3.05) is 26.9 Å². The van der Waals surface area contributed by atoms with Gasteiger partial charge in [0.1, 0.15) is 12.7 Å². The van der Waals surface area contributed by atoms with Gasteiger partial charge in [0.25, 0.3) is 0 Å². The SMILES string of the molecule is C/C=C/c1ccc(OC[C@@H](O)CNC(C)(C)CO)c(OC)c1. The van der Waals surface area contributed by atoms with Gasteiger partial charge in [0.2, 0.25) is 0 Å². The number of hydrogen-bond acceptors (Lipinski definition) is 5. The predicted octanol–water partition coefficient (Wildman–Crippen LogP) is 1.83. The topological polar surface area (TPSA) is 71.0 Å². The van der Waals surface area contributed by atoms with E-state index in [1.165, 1.54) is 0 Å². The third-order valence-electron chi connectivity index (χ3n) is 3.19. The standard InChI is InChI=1S/C17H27NO4/c1-5-6-13-7-8-15(16(9-13)21-4)22-11-14(20)10-18-17(2,3)12-19/h5-9,14,18-20H,10-12H2,1-4H3/b6-5+/t14-/m0/s1. The fourth-order valence-corrected chi connectivity index (χ4v) is 1.79. The summed E-state index contributed by atoms with van der Waals surface area (Å²) in [5.74, 6) is 1.22. The van der Waals surface area contributed by atoms with Crippen LogP contribution in [-0.4, -0.2) is 48.7 Å². The molecule has 1 aromatic carbocycles. The van der Waals surface area contributed by atoms with Gasteiger partial charge in [0, 0.05) is 12.1 Å². The average molecular weight is 309 g/mol. The number of methoxy groups -OCH3 is 1. The maximum Gasteiger partial charge on any atom is 0.161 e. The van der Waals surface area contributed by atoms with E-state index in [0.29, 0.717) is 18.0 Å². The highest BCUT2D eigenvalue weighted by Gasteiger charge is 2.17. The maximum atomic E-state index is 9.95. The van der Waals surface area contributed by atoms with Crippen molar-refractivity contribution in [3.05, 3.63) is 29.8 Å². The highest BCUT2D eigenvalue weighted by molar-refractivity contribution is 5.55. The fraction of sp³-hybridized carbons (Fsp3) is 0.529.